The summed E-state index contributed by atoms with van der Waals surface area (Å²) in [5, 5.41) is 0. The van der Waals surface area contributed by atoms with E-state index in [-0.39, 0.29) is 12.4 Å². The number of halogens is 1. The number of rotatable bonds is 6. The Labute approximate surface area is 99.6 Å². The Balaban J connectivity index is 2.51. The molecule has 4 nitrogen and oxygen atoms in total. The van der Waals surface area contributed by atoms with E-state index in [0.717, 1.165) is 5.56 Å². The number of ether oxygens (including phenoxy) is 2. The van der Waals surface area contributed by atoms with E-state index in [1.165, 1.54) is 0 Å². The molecule has 0 N–H and O–H groups in total. The summed E-state index contributed by atoms with van der Waals surface area (Å²) in [5.74, 6) is 0.401. The van der Waals surface area contributed by atoms with Crippen LogP contribution in [0.15, 0.2) is 24.3 Å². The Morgan fingerprint density at radius 2 is 2.12 bits per heavy atom. The van der Waals surface area contributed by atoms with E-state index in [0.29, 0.717) is 12.4 Å². The SMILES string of the molecule is COCc1cccc(OCCS(=O)(=O)Cl)c1. The van der Waals surface area contributed by atoms with Gasteiger partial charge in [-0.3, -0.25) is 0 Å². The van der Waals surface area contributed by atoms with Crippen LogP contribution in [0.25, 0.3) is 0 Å². The molecule has 0 atom stereocenters. The molecular formula is C10H13ClO4S. The number of hydrogen-bond donors (Lipinski definition) is 0. The number of methoxy groups -OCH3 is 1. The van der Waals surface area contributed by atoms with Gasteiger partial charge in [0.05, 0.1) is 12.4 Å². The van der Waals surface area contributed by atoms with Gasteiger partial charge >= 0.3 is 0 Å². The Morgan fingerprint density at radius 1 is 1.38 bits per heavy atom. The van der Waals surface area contributed by atoms with Crippen LogP contribution < -0.4 is 4.74 Å². The highest BCUT2D eigenvalue weighted by molar-refractivity contribution is 8.13. The molecule has 0 aromatic heterocycles. The average molecular weight is 265 g/mol. The zero-order valence-electron chi connectivity index (χ0n) is 8.85. The molecule has 0 spiro atoms. The second-order valence-corrected chi connectivity index (χ2v) is 6.07. The molecule has 90 valence electrons. The van der Waals surface area contributed by atoms with Crippen molar-refractivity contribution in [2.24, 2.45) is 0 Å². The van der Waals surface area contributed by atoms with Crippen LogP contribution in [0.1, 0.15) is 5.56 Å². The fourth-order valence-electron chi connectivity index (χ4n) is 1.15. The fraction of sp³-hybridized carbons (Fsp3) is 0.400. The second kappa shape index (κ2) is 6.08. The van der Waals surface area contributed by atoms with Crippen molar-refractivity contribution in [2.45, 2.75) is 6.61 Å². The van der Waals surface area contributed by atoms with E-state index < -0.39 is 9.05 Å². The molecule has 0 saturated carbocycles. The summed E-state index contributed by atoms with van der Waals surface area (Å²) < 4.78 is 31.5. The minimum absolute atomic E-state index is 0.0439. The van der Waals surface area contributed by atoms with Crippen molar-refractivity contribution in [3.8, 4) is 5.75 Å². The molecule has 6 heteroatoms. The summed E-state index contributed by atoms with van der Waals surface area (Å²) in [6.07, 6.45) is 0. The zero-order chi connectivity index (χ0) is 12.0. The summed E-state index contributed by atoms with van der Waals surface area (Å²) >= 11 is 0. The van der Waals surface area contributed by atoms with Crippen LogP contribution in [0, 0.1) is 0 Å². The van der Waals surface area contributed by atoms with Crippen molar-refractivity contribution in [1.82, 2.24) is 0 Å². The minimum Gasteiger partial charge on any atom is -0.492 e. The maximum absolute atomic E-state index is 10.7. The minimum atomic E-state index is -3.49. The molecule has 0 heterocycles. The molecule has 0 amide bonds. The lowest BCUT2D eigenvalue weighted by Gasteiger charge is -2.06. The van der Waals surface area contributed by atoms with E-state index in [9.17, 15) is 8.42 Å². The summed E-state index contributed by atoms with van der Waals surface area (Å²) in [4.78, 5) is 0. The third kappa shape index (κ3) is 5.34. The second-order valence-electron chi connectivity index (χ2n) is 3.17. The summed E-state index contributed by atoms with van der Waals surface area (Å²) in [6, 6.07) is 7.26. The number of hydrogen-bond acceptors (Lipinski definition) is 4. The van der Waals surface area contributed by atoms with E-state index >= 15 is 0 Å². The topological polar surface area (TPSA) is 52.6 Å². The average Bonchev–Trinajstić information content (AvgIpc) is 2.17. The maximum atomic E-state index is 10.7. The summed E-state index contributed by atoms with van der Waals surface area (Å²) in [6.45, 7) is 0.535. The molecular weight excluding hydrogens is 252 g/mol. The van der Waals surface area contributed by atoms with Gasteiger partial charge in [0.25, 0.3) is 0 Å². The van der Waals surface area contributed by atoms with Crippen LogP contribution in [0.2, 0.25) is 0 Å². The van der Waals surface area contributed by atoms with Gasteiger partial charge in [-0.25, -0.2) is 8.42 Å². The highest BCUT2D eigenvalue weighted by Crippen LogP contribution is 2.14. The Bertz CT molecular complexity index is 430. The summed E-state index contributed by atoms with van der Waals surface area (Å²) in [7, 11) is 3.17. The summed E-state index contributed by atoms with van der Waals surface area (Å²) in [5.41, 5.74) is 0.966. The Hall–Kier alpha value is -0.780. The van der Waals surface area contributed by atoms with Crippen LogP contribution >= 0.6 is 10.7 Å². The molecule has 1 aromatic rings. The van der Waals surface area contributed by atoms with Gasteiger partial charge < -0.3 is 9.47 Å². The lowest BCUT2D eigenvalue weighted by atomic mass is 10.2. The zero-order valence-corrected chi connectivity index (χ0v) is 10.4. The van der Waals surface area contributed by atoms with Gasteiger partial charge in [-0.15, -0.1) is 0 Å². The highest BCUT2D eigenvalue weighted by Gasteiger charge is 2.05. The highest BCUT2D eigenvalue weighted by atomic mass is 35.7. The molecule has 0 fully saturated rings. The normalized spacial score (nSPS) is 11.4. The maximum Gasteiger partial charge on any atom is 0.235 e. The van der Waals surface area contributed by atoms with Gasteiger partial charge in [-0.05, 0) is 17.7 Å². The van der Waals surface area contributed by atoms with Gasteiger partial charge in [0.1, 0.15) is 12.4 Å². The molecule has 0 radical (unpaired) electrons. The molecule has 0 bridgehead atoms. The lowest BCUT2D eigenvalue weighted by molar-refractivity contribution is 0.184. The third-order valence-electron chi connectivity index (χ3n) is 1.81. The Kier molecular flexibility index (Phi) is 5.05. The predicted octanol–water partition coefficient (Wildman–Crippen LogP) is 1.78. The number of benzene rings is 1. The van der Waals surface area contributed by atoms with Crippen molar-refractivity contribution >= 4 is 19.7 Å². The first-order valence-corrected chi connectivity index (χ1v) is 7.12. The van der Waals surface area contributed by atoms with Crippen molar-refractivity contribution in [1.29, 1.82) is 0 Å². The smallest absolute Gasteiger partial charge is 0.235 e. The first kappa shape index (κ1) is 13.3. The van der Waals surface area contributed by atoms with E-state index in [2.05, 4.69) is 0 Å². The standard InChI is InChI=1S/C10H13ClO4S/c1-14-8-9-3-2-4-10(7-9)15-5-6-16(11,12)13/h2-4,7H,5-6,8H2,1H3. The quantitative estimate of drug-likeness (QED) is 0.735. The van der Waals surface area contributed by atoms with E-state index in [1.807, 2.05) is 12.1 Å². The molecule has 0 saturated heterocycles. The van der Waals surface area contributed by atoms with Crippen LogP contribution in [0.4, 0.5) is 0 Å². The molecule has 0 unspecified atom stereocenters. The molecule has 0 aliphatic carbocycles. The van der Waals surface area contributed by atoms with Crippen molar-refractivity contribution in [3.63, 3.8) is 0 Å². The largest absolute Gasteiger partial charge is 0.492 e. The Morgan fingerprint density at radius 3 is 2.75 bits per heavy atom. The van der Waals surface area contributed by atoms with Gasteiger partial charge in [0, 0.05) is 17.8 Å². The lowest BCUT2D eigenvalue weighted by Crippen LogP contribution is -2.08. The molecule has 16 heavy (non-hydrogen) atoms. The molecule has 1 rings (SSSR count). The van der Waals surface area contributed by atoms with E-state index in [1.54, 1.807) is 19.2 Å². The molecule has 1 aromatic carbocycles. The van der Waals surface area contributed by atoms with Gasteiger partial charge in [0.2, 0.25) is 9.05 Å². The first-order valence-electron chi connectivity index (χ1n) is 4.64. The van der Waals surface area contributed by atoms with Crippen LogP contribution in [-0.2, 0) is 20.4 Å². The predicted molar refractivity (Wildman–Crippen MR) is 62.3 cm³/mol. The van der Waals surface area contributed by atoms with E-state index in [4.69, 9.17) is 20.2 Å². The van der Waals surface area contributed by atoms with Gasteiger partial charge in [0.15, 0.2) is 0 Å². The van der Waals surface area contributed by atoms with Crippen LogP contribution in [-0.4, -0.2) is 27.9 Å². The van der Waals surface area contributed by atoms with Gasteiger partial charge in [-0.2, -0.15) is 0 Å². The molecule has 0 aliphatic heterocycles. The van der Waals surface area contributed by atoms with Crippen molar-refractivity contribution in [3.05, 3.63) is 29.8 Å². The molecule has 0 aliphatic rings. The van der Waals surface area contributed by atoms with Crippen LogP contribution in [0.3, 0.4) is 0 Å². The third-order valence-corrected chi connectivity index (χ3v) is 2.92. The first-order chi connectivity index (χ1) is 7.51. The monoisotopic (exact) mass is 264 g/mol. The van der Waals surface area contributed by atoms with Gasteiger partial charge in [-0.1, -0.05) is 12.1 Å². The van der Waals surface area contributed by atoms with Crippen molar-refractivity contribution in [2.75, 3.05) is 19.5 Å². The fourth-order valence-corrected chi connectivity index (χ4v) is 1.62. The van der Waals surface area contributed by atoms with Crippen molar-refractivity contribution < 1.29 is 17.9 Å². The van der Waals surface area contributed by atoms with Crippen LogP contribution in [0.5, 0.6) is 5.75 Å².